The van der Waals surface area contributed by atoms with Crippen LogP contribution in [0, 0.1) is 0 Å². The summed E-state index contributed by atoms with van der Waals surface area (Å²) in [5.41, 5.74) is 11.2. The second-order valence-electron chi connectivity index (χ2n) is 15.6. The van der Waals surface area contributed by atoms with Crippen LogP contribution in [-0.4, -0.2) is 18.7 Å². The van der Waals surface area contributed by atoms with E-state index in [0.717, 1.165) is 44.9 Å². The lowest BCUT2D eigenvalue weighted by atomic mass is 10.00. The van der Waals surface area contributed by atoms with E-state index in [1.54, 1.807) is 0 Å². The number of hydrogen-bond donors (Lipinski definition) is 0. The predicted molar refractivity (Wildman–Crippen MR) is 248 cm³/mol. The molecule has 0 radical (unpaired) electrons. The summed E-state index contributed by atoms with van der Waals surface area (Å²) < 4.78 is 7.27. The highest BCUT2D eigenvalue weighted by atomic mass is 15.1. The minimum Gasteiger partial charge on any atom is -0.309 e. The Labute approximate surface area is 339 Å². The molecular formula is C55H34N4. The Hall–Kier alpha value is -7.95. The Morgan fingerprint density at radius 2 is 0.797 bits per heavy atom. The fourth-order valence-corrected chi connectivity index (χ4v) is 9.81. The largest absolute Gasteiger partial charge is 0.309 e. The van der Waals surface area contributed by atoms with Gasteiger partial charge in [0.05, 0.1) is 33.1 Å². The second-order valence-corrected chi connectivity index (χ2v) is 15.6. The molecule has 0 spiro atoms. The van der Waals surface area contributed by atoms with Gasteiger partial charge < -0.3 is 9.13 Å². The molecule has 0 aliphatic carbocycles. The summed E-state index contributed by atoms with van der Waals surface area (Å²) in [5, 5.41) is 12.2. The van der Waals surface area contributed by atoms with E-state index in [0.29, 0.717) is 0 Å². The van der Waals surface area contributed by atoms with Crippen molar-refractivity contribution in [2.75, 3.05) is 0 Å². The lowest BCUT2D eigenvalue weighted by molar-refractivity contribution is 1.09. The quantitative estimate of drug-likeness (QED) is 0.165. The first-order valence-electron chi connectivity index (χ1n) is 20.2. The van der Waals surface area contributed by atoms with Gasteiger partial charge in [-0.2, -0.15) is 0 Å². The summed E-state index contributed by atoms with van der Waals surface area (Å²) in [6.45, 7) is 0. The SMILES string of the molecule is c1ccc(-c2nc3c4ccccc4c4ccccc4c3n2-c2cccc(-n3c4ccccc4c4cc5c(cc43)c3ccccc3n5-c3ccc4ccccc4c3)c2)cc1. The summed E-state index contributed by atoms with van der Waals surface area (Å²) in [4.78, 5) is 5.49. The van der Waals surface area contributed by atoms with Gasteiger partial charge in [-0.1, -0.05) is 152 Å². The van der Waals surface area contributed by atoms with E-state index in [-0.39, 0.29) is 0 Å². The number of rotatable bonds is 4. The molecule has 274 valence electrons. The van der Waals surface area contributed by atoms with Gasteiger partial charge in [0.25, 0.3) is 0 Å². The van der Waals surface area contributed by atoms with Crippen molar-refractivity contribution in [1.29, 1.82) is 0 Å². The lowest BCUT2D eigenvalue weighted by Crippen LogP contribution is -2.01. The van der Waals surface area contributed by atoms with E-state index < -0.39 is 0 Å². The molecule has 0 saturated heterocycles. The number of benzene rings is 10. The maximum absolute atomic E-state index is 5.49. The molecule has 59 heavy (non-hydrogen) atoms. The van der Waals surface area contributed by atoms with Gasteiger partial charge in [0.15, 0.2) is 0 Å². The van der Waals surface area contributed by atoms with Gasteiger partial charge in [0.1, 0.15) is 5.82 Å². The third-order valence-corrected chi connectivity index (χ3v) is 12.4. The Balaban J connectivity index is 1.10. The normalized spacial score (nSPS) is 12.1. The summed E-state index contributed by atoms with van der Waals surface area (Å²) in [6, 6.07) is 74.9. The third-order valence-electron chi connectivity index (χ3n) is 12.4. The zero-order valence-electron chi connectivity index (χ0n) is 31.9. The van der Waals surface area contributed by atoms with Crippen LogP contribution in [0.25, 0.3) is 115 Å². The standard InChI is InChI=1S/C55H34N4/c1-2-16-36(17-3-1)55-56-53-45-25-8-6-21-41(45)42-22-7-9-26-46(42)54(53)59(55)39-20-14-19-38(32-39)57-49-27-12-10-23-43(49)47-34-52-48(33-51(47)57)44-24-11-13-28-50(44)58(52)40-30-29-35-15-4-5-18-37(35)31-40/h1-34H. The molecule has 0 unspecified atom stereocenters. The van der Waals surface area contributed by atoms with E-state index in [9.17, 15) is 0 Å². The molecule has 0 aliphatic rings. The van der Waals surface area contributed by atoms with E-state index in [1.807, 2.05) is 0 Å². The number of aromatic nitrogens is 4. The molecule has 0 amide bonds. The van der Waals surface area contributed by atoms with Crippen LogP contribution in [0.15, 0.2) is 206 Å². The maximum atomic E-state index is 5.49. The van der Waals surface area contributed by atoms with Crippen LogP contribution in [0.3, 0.4) is 0 Å². The van der Waals surface area contributed by atoms with Crippen LogP contribution in [0.1, 0.15) is 0 Å². The zero-order valence-corrected chi connectivity index (χ0v) is 31.9. The minimum atomic E-state index is 0.921. The Bertz CT molecular complexity index is 3840. The van der Waals surface area contributed by atoms with Crippen LogP contribution in [0.4, 0.5) is 0 Å². The van der Waals surface area contributed by atoms with E-state index in [2.05, 4.69) is 220 Å². The first-order valence-corrected chi connectivity index (χ1v) is 20.2. The van der Waals surface area contributed by atoms with Gasteiger partial charge in [0.2, 0.25) is 0 Å². The van der Waals surface area contributed by atoms with E-state index in [1.165, 1.54) is 70.5 Å². The van der Waals surface area contributed by atoms with Crippen LogP contribution >= 0.6 is 0 Å². The molecule has 0 fully saturated rings. The van der Waals surface area contributed by atoms with Crippen molar-refractivity contribution in [2.45, 2.75) is 0 Å². The van der Waals surface area contributed by atoms with Crippen molar-refractivity contribution >= 4 is 87.0 Å². The molecule has 4 nitrogen and oxygen atoms in total. The smallest absolute Gasteiger partial charge is 0.145 e. The average molecular weight is 751 g/mol. The van der Waals surface area contributed by atoms with Crippen molar-refractivity contribution in [3.63, 3.8) is 0 Å². The van der Waals surface area contributed by atoms with Gasteiger partial charge in [0, 0.05) is 54.9 Å². The predicted octanol–water partition coefficient (Wildman–Crippen LogP) is 14.3. The molecule has 13 rings (SSSR count). The number of imidazole rings is 1. The third kappa shape index (κ3) is 4.63. The Morgan fingerprint density at radius 1 is 0.288 bits per heavy atom. The average Bonchev–Trinajstić information content (AvgIpc) is 3.97. The molecule has 3 heterocycles. The monoisotopic (exact) mass is 750 g/mol. The van der Waals surface area contributed by atoms with Crippen LogP contribution in [-0.2, 0) is 0 Å². The van der Waals surface area contributed by atoms with Crippen LogP contribution in [0.5, 0.6) is 0 Å². The molecule has 10 aromatic carbocycles. The summed E-state index contributed by atoms with van der Waals surface area (Å²) >= 11 is 0. The Morgan fingerprint density at radius 3 is 1.47 bits per heavy atom. The minimum absolute atomic E-state index is 0.921. The highest BCUT2D eigenvalue weighted by molar-refractivity contribution is 6.24. The summed E-state index contributed by atoms with van der Waals surface area (Å²) in [6.07, 6.45) is 0. The number of fused-ring (bicyclic) bond motifs is 13. The highest BCUT2D eigenvalue weighted by Gasteiger charge is 2.22. The van der Waals surface area contributed by atoms with Crippen molar-refractivity contribution in [3.8, 4) is 28.5 Å². The molecule has 4 heteroatoms. The van der Waals surface area contributed by atoms with Gasteiger partial charge in [-0.15, -0.1) is 0 Å². The summed E-state index contributed by atoms with van der Waals surface area (Å²) in [7, 11) is 0. The number of para-hydroxylation sites is 2. The first kappa shape index (κ1) is 32.2. The summed E-state index contributed by atoms with van der Waals surface area (Å²) in [5.74, 6) is 0.921. The molecular weight excluding hydrogens is 717 g/mol. The molecule has 0 atom stereocenters. The van der Waals surface area contributed by atoms with E-state index in [4.69, 9.17) is 4.98 Å². The fraction of sp³-hybridized carbons (Fsp3) is 0. The molecule has 0 aliphatic heterocycles. The molecule has 0 N–H and O–H groups in total. The van der Waals surface area contributed by atoms with Gasteiger partial charge >= 0.3 is 0 Å². The number of nitrogens with zero attached hydrogens (tertiary/aromatic N) is 4. The molecule has 3 aromatic heterocycles. The molecule has 0 saturated carbocycles. The maximum Gasteiger partial charge on any atom is 0.145 e. The van der Waals surface area contributed by atoms with Crippen LogP contribution < -0.4 is 0 Å². The molecule has 0 bridgehead atoms. The van der Waals surface area contributed by atoms with Gasteiger partial charge in [-0.05, 0) is 76.1 Å². The van der Waals surface area contributed by atoms with Crippen molar-refractivity contribution < 1.29 is 0 Å². The van der Waals surface area contributed by atoms with Crippen molar-refractivity contribution in [1.82, 2.24) is 18.7 Å². The van der Waals surface area contributed by atoms with Gasteiger partial charge in [-0.3, -0.25) is 4.57 Å². The van der Waals surface area contributed by atoms with Gasteiger partial charge in [-0.25, -0.2) is 4.98 Å². The van der Waals surface area contributed by atoms with Crippen molar-refractivity contribution in [3.05, 3.63) is 206 Å². The van der Waals surface area contributed by atoms with Crippen molar-refractivity contribution in [2.24, 2.45) is 0 Å². The first-order chi connectivity index (χ1) is 29.3. The lowest BCUT2D eigenvalue weighted by Gasteiger charge is -2.15. The zero-order chi connectivity index (χ0) is 38.6. The molecule has 13 aromatic rings. The second kappa shape index (κ2) is 12.3. The van der Waals surface area contributed by atoms with E-state index >= 15 is 0 Å². The van der Waals surface area contributed by atoms with Crippen LogP contribution in [0.2, 0.25) is 0 Å². The highest BCUT2D eigenvalue weighted by Crippen LogP contribution is 2.42. The number of hydrogen-bond acceptors (Lipinski definition) is 1. The topological polar surface area (TPSA) is 27.7 Å². The fourth-order valence-electron chi connectivity index (χ4n) is 9.81. The Kier molecular flexibility index (Phi) is 6.69.